The number of amides is 1. The van der Waals surface area contributed by atoms with Crippen molar-refractivity contribution in [2.75, 3.05) is 0 Å². The molecule has 5 nitrogen and oxygen atoms in total. The topological polar surface area (TPSA) is 75.6 Å². The number of benzene rings is 1. The third-order valence-corrected chi connectivity index (χ3v) is 4.76. The van der Waals surface area contributed by atoms with Crippen LogP contribution in [-0.2, 0) is 14.3 Å². The van der Waals surface area contributed by atoms with Gasteiger partial charge in [0.25, 0.3) is 0 Å². The van der Waals surface area contributed by atoms with Crippen LogP contribution in [0.25, 0.3) is 0 Å². The second-order valence-electron chi connectivity index (χ2n) is 6.15. The molecule has 2 N–H and O–H groups in total. The number of aliphatic carboxylic acids is 1. The predicted molar refractivity (Wildman–Crippen MR) is 94.7 cm³/mol. The van der Waals surface area contributed by atoms with Crippen molar-refractivity contribution in [1.82, 2.24) is 5.32 Å². The van der Waals surface area contributed by atoms with Gasteiger partial charge < -0.3 is 15.2 Å². The summed E-state index contributed by atoms with van der Waals surface area (Å²) < 4.78 is 6.77. The zero-order chi connectivity index (χ0) is 17.5. The van der Waals surface area contributed by atoms with Crippen molar-refractivity contribution in [3.63, 3.8) is 0 Å². The maximum atomic E-state index is 12.6. The molecule has 0 saturated heterocycles. The number of carbonyl (C=O) groups is 2. The van der Waals surface area contributed by atoms with Crippen LogP contribution < -0.4 is 5.32 Å². The number of hydrogen-bond acceptors (Lipinski definition) is 3. The van der Waals surface area contributed by atoms with E-state index < -0.39 is 18.1 Å². The van der Waals surface area contributed by atoms with E-state index >= 15 is 0 Å². The van der Waals surface area contributed by atoms with E-state index in [0.29, 0.717) is 6.42 Å². The van der Waals surface area contributed by atoms with Crippen molar-refractivity contribution in [1.29, 1.82) is 0 Å². The molecule has 132 valence electrons. The van der Waals surface area contributed by atoms with Gasteiger partial charge in [0.15, 0.2) is 0 Å². The lowest BCUT2D eigenvalue weighted by Crippen LogP contribution is -2.40. The van der Waals surface area contributed by atoms with Crippen LogP contribution in [0, 0.1) is 0 Å². The fraction of sp³-hybridized carbons (Fsp3) is 0.556. The Labute approximate surface area is 150 Å². The number of nitrogens with one attached hydrogen (secondary N) is 1. The van der Waals surface area contributed by atoms with E-state index in [1.165, 1.54) is 0 Å². The minimum Gasteiger partial charge on any atom is -0.481 e. The van der Waals surface area contributed by atoms with Gasteiger partial charge in [0.2, 0.25) is 5.91 Å². The van der Waals surface area contributed by atoms with Gasteiger partial charge in [-0.25, -0.2) is 0 Å². The second kappa shape index (κ2) is 9.18. The standard InChI is InChI=1S/C18H24BrNO4/c1-2-16(24-14-8-3-4-9-14)18(23)20-15(11-17(21)22)12-6-5-7-13(19)10-12/h5-7,10,14-16H,2-4,8-9,11H2,1H3,(H,20,23)(H,21,22). The zero-order valence-electron chi connectivity index (χ0n) is 13.8. The number of ether oxygens (including phenoxy) is 1. The smallest absolute Gasteiger partial charge is 0.305 e. The molecule has 1 aromatic rings. The number of rotatable bonds is 8. The van der Waals surface area contributed by atoms with E-state index in [4.69, 9.17) is 9.84 Å². The van der Waals surface area contributed by atoms with Gasteiger partial charge in [-0.2, -0.15) is 0 Å². The van der Waals surface area contributed by atoms with Crippen molar-refractivity contribution in [2.45, 2.75) is 63.7 Å². The lowest BCUT2D eigenvalue weighted by molar-refractivity contribution is -0.140. The quantitative estimate of drug-likeness (QED) is 0.698. The molecule has 1 amide bonds. The average Bonchev–Trinajstić information content (AvgIpc) is 3.04. The van der Waals surface area contributed by atoms with E-state index in [2.05, 4.69) is 21.2 Å². The molecule has 0 aliphatic heterocycles. The van der Waals surface area contributed by atoms with Gasteiger partial charge in [0.05, 0.1) is 18.6 Å². The Hall–Kier alpha value is -1.40. The highest BCUT2D eigenvalue weighted by atomic mass is 79.9. The molecule has 1 aromatic carbocycles. The molecule has 0 spiro atoms. The molecule has 1 saturated carbocycles. The van der Waals surface area contributed by atoms with Crippen LogP contribution in [0.5, 0.6) is 0 Å². The Morgan fingerprint density at radius 2 is 2.08 bits per heavy atom. The summed E-state index contributed by atoms with van der Waals surface area (Å²) in [7, 11) is 0. The van der Waals surface area contributed by atoms with E-state index in [-0.39, 0.29) is 18.4 Å². The third kappa shape index (κ3) is 5.60. The van der Waals surface area contributed by atoms with Crippen molar-refractivity contribution in [3.05, 3.63) is 34.3 Å². The number of carboxylic acids is 1. The summed E-state index contributed by atoms with van der Waals surface area (Å²) in [6.07, 6.45) is 4.29. The van der Waals surface area contributed by atoms with Crippen LogP contribution in [0.1, 0.15) is 57.1 Å². The summed E-state index contributed by atoms with van der Waals surface area (Å²) in [4.78, 5) is 23.7. The molecule has 1 aliphatic carbocycles. The number of halogens is 1. The van der Waals surface area contributed by atoms with Crippen molar-refractivity contribution in [3.8, 4) is 0 Å². The third-order valence-electron chi connectivity index (χ3n) is 4.27. The Balaban J connectivity index is 2.06. The highest BCUT2D eigenvalue weighted by Crippen LogP contribution is 2.24. The molecule has 0 aromatic heterocycles. The van der Waals surface area contributed by atoms with Gasteiger partial charge in [0, 0.05) is 4.47 Å². The Bertz CT molecular complexity index is 572. The summed E-state index contributed by atoms with van der Waals surface area (Å²) in [5.41, 5.74) is 0.760. The molecule has 2 atom stereocenters. The summed E-state index contributed by atoms with van der Waals surface area (Å²) in [5.74, 6) is -1.19. The number of carboxylic acid groups (broad SMARTS) is 1. The minimum absolute atomic E-state index is 0.143. The van der Waals surface area contributed by atoms with E-state index in [0.717, 1.165) is 35.7 Å². The molecule has 0 heterocycles. The summed E-state index contributed by atoms with van der Waals surface area (Å²) >= 11 is 3.38. The molecular formula is C18H24BrNO4. The first-order chi connectivity index (χ1) is 11.5. The molecule has 2 unspecified atom stereocenters. The van der Waals surface area contributed by atoms with Crippen LogP contribution in [0.4, 0.5) is 0 Å². The maximum absolute atomic E-state index is 12.6. The summed E-state index contributed by atoms with van der Waals surface area (Å²) in [5, 5.41) is 12.0. The van der Waals surface area contributed by atoms with Crippen LogP contribution >= 0.6 is 15.9 Å². The fourth-order valence-electron chi connectivity index (χ4n) is 3.02. The van der Waals surface area contributed by atoms with E-state index in [9.17, 15) is 9.59 Å². The maximum Gasteiger partial charge on any atom is 0.305 e. The first-order valence-corrected chi connectivity index (χ1v) is 9.22. The lowest BCUT2D eigenvalue weighted by Gasteiger charge is -2.24. The van der Waals surface area contributed by atoms with Crippen molar-refractivity contribution in [2.24, 2.45) is 0 Å². The Morgan fingerprint density at radius 3 is 2.67 bits per heavy atom. The molecule has 1 aliphatic rings. The SMILES string of the molecule is CCC(OC1CCCC1)C(=O)NC(CC(=O)O)c1cccc(Br)c1. The normalized spacial score (nSPS) is 17.4. The summed E-state index contributed by atoms with van der Waals surface area (Å²) in [6.45, 7) is 1.91. The van der Waals surface area contributed by atoms with Crippen LogP contribution in [0.15, 0.2) is 28.7 Å². The van der Waals surface area contributed by atoms with Gasteiger partial charge in [-0.15, -0.1) is 0 Å². The predicted octanol–water partition coefficient (Wildman–Crippen LogP) is 3.82. The Morgan fingerprint density at radius 1 is 1.38 bits per heavy atom. The highest BCUT2D eigenvalue weighted by Gasteiger charge is 2.27. The molecule has 2 rings (SSSR count). The highest BCUT2D eigenvalue weighted by molar-refractivity contribution is 9.10. The molecular weight excluding hydrogens is 374 g/mol. The zero-order valence-corrected chi connectivity index (χ0v) is 15.4. The van der Waals surface area contributed by atoms with Gasteiger partial charge in [0.1, 0.15) is 6.10 Å². The minimum atomic E-state index is -0.954. The van der Waals surface area contributed by atoms with E-state index in [1.54, 1.807) is 0 Å². The lowest BCUT2D eigenvalue weighted by atomic mass is 10.0. The number of hydrogen-bond donors (Lipinski definition) is 2. The molecule has 0 radical (unpaired) electrons. The van der Waals surface area contributed by atoms with Gasteiger partial charge >= 0.3 is 5.97 Å². The second-order valence-corrected chi connectivity index (χ2v) is 7.07. The average molecular weight is 398 g/mol. The molecule has 1 fully saturated rings. The first-order valence-electron chi connectivity index (χ1n) is 8.42. The van der Waals surface area contributed by atoms with Crippen LogP contribution in [0.3, 0.4) is 0 Å². The molecule has 0 bridgehead atoms. The summed E-state index contributed by atoms with van der Waals surface area (Å²) in [6, 6.07) is 6.76. The van der Waals surface area contributed by atoms with Crippen molar-refractivity contribution < 1.29 is 19.4 Å². The van der Waals surface area contributed by atoms with Gasteiger partial charge in [-0.3, -0.25) is 9.59 Å². The van der Waals surface area contributed by atoms with Gasteiger partial charge in [-0.1, -0.05) is 47.8 Å². The number of carbonyl (C=O) groups excluding carboxylic acids is 1. The van der Waals surface area contributed by atoms with Crippen molar-refractivity contribution >= 4 is 27.8 Å². The van der Waals surface area contributed by atoms with Gasteiger partial charge in [-0.05, 0) is 37.0 Å². The first kappa shape index (κ1) is 18.9. The Kier molecular flexibility index (Phi) is 7.24. The van der Waals surface area contributed by atoms with Crippen LogP contribution in [-0.4, -0.2) is 29.2 Å². The fourth-order valence-corrected chi connectivity index (χ4v) is 3.43. The molecule has 24 heavy (non-hydrogen) atoms. The van der Waals surface area contributed by atoms with Crippen LogP contribution in [0.2, 0.25) is 0 Å². The molecule has 6 heteroatoms. The largest absolute Gasteiger partial charge is 0.481 e. The monoisotopic (exact) mass is 397 g/mol. The van der Waals surface area contributed by atoms with E-state index in [1.807, 2.05) is 31.2 Å².